The summed E-state index contributed by atoms with van der Waals surface area (Å²) in [6.07, 6.45) is 1.65. The van der Waals surface area contributed by atoms with Crippen LogP contribution in [-0.2, 0) is 20.7 Å². The summed E-state index contributed by atoms with van der Waals surface area (Å²) in [6, 6.07) is -0.505. The minimum atomic E-state index is -0.505. The number of aryl methyl sites for hydroxylation is 1. The topological polar surface area (TPSA) is 97.4 Å². The van der Waals surface area contributed by atoms with Crippen molar-refractivity contribution in [2.75, 3.05) is 18.2 Å². The molecular weight excluding hydrogens is 314 g/mol. The lowest BCUT2D eigenvalue weighted by atomic mass is 10.2. The number of hydrogen-bond donors (Lipinski definition) is 2. The van der Waals surface area contributed by atoms with Crippen LogP contribution in [0.25, 0.3) is 0 Å². The molecule has 2 amide bonds. The van der Waals surface area contributed by atoms with Crippen molar-refractivity contribution in [3.63, 3.8) is 0 Å². The molecule has 1 saturated heterocycles. The second-order valence-corrected chi connectivity index (χ2v) is 6.21. The third kappa shape index (κ3) is 4.71. The summed E-state index contributed by atoms with van der Waals surface area (Å²) in [6.45, 7) is 0. The summed E-state index contributed by atoms with van der Waals surface area (Å²) < 4.78 is 4.56. The Labute approximate surface area is 129 Å². The van der Waals surface area contributed by atoms with Gasteiger partial charge >= 0.3 is 5.97 Å². The number of aromatic nitrogens is 1. The van der Waals surface area contributed by atoms with E-state index in [2.05, 4.69) is 20.4 Å². The van der Waals surface area contributed by atoms with Crippen LogP contribution in [0.2, 0.25) is 0 Å². The van der Waals surface area contributed by atoms with Crippen LogP contribution in [0.1, 0.15) is 18.5 Å². The minimum absolute atomic E-state index is 0.183. The summed E-state index contributed by atoms with van der Waals surface area (Å²) in [5.74, 6) is -0.0702. The van der Waals surface area contributed by atoms with Crippen LogP contribution in [0.4, 0.5) is 9.93 Å². The first-order chi connectivity index (χ1) is 10.1. The van der Waals surface area contributed by atoms with Gasteiger partial charge in [-0.2, -0.15) is 0 Å². The summed E-state index contributed by atoms with van der Waals surface area (Å²) in [5, 5.41) is 7.41. The second kappa shape index (κ2) is 7.41. The smallest absolute Gasteiger partial charge is 0.305 e. The van der Waals surface area contributed by atoms with E-state index in [1.807, 2.05) is 5.38 Å². The van der Waals surface area contributed by atoms with Crippen molar-refractivity contribution < 1.29 is 19.1 Å². The van der Waals surface area contributed by atoms with Gasteiger partial charge in [-0.05, 0) is 12.8 Å². The molecule has 0 radical (unpaired) electrons. The van der Waals surface area contributed by atoms with Gasteiger partial charge in [-0.15, -0.1) is 11.3 Å². The lowest BCUT2D eigenvalue weighted by Crippen LogP contribution is -2.38. The fraction of sp³-hybridized carbons (Fsp3) is 0.500. The molecule has 114 valence electrons. The Morgan fingerprint density at radius 2 is 2.38 bits per heavy atom. The molecular formula is C12H15N3O4S2. The van der Waals surface area contributed by atoms with Gasteiger partial charge in [-0.25, -0.2) is 4.98 Å². The molecule has 1 atom stereocenters. The fourth-order valence-electron chi connectivity index (χ4n) is 1.71. The van der Waals surface area contributed by atoms with E-state index < -0.39 is 6.04 Å². The van der Waals surface area contributed by atoms with Gasteiger partial charge in [0.1, 0.15) is 6.04 Å². The quantitative estimate of drug-likeness (QED) is 0.766. The summed E-state index contributed by atoms with van der Waals surface area (Å²) in [5.41, 5.74) is 0.823. The molecule has 7 nitrogen and oxygen atoms in total. The Kier molecular flexibility index (Phi) is 5.57. The van der Waals surface area contributed by atoms with Crippen molar-refractivity contribution >= 4 is 45.3 Å². The number of methoxy groups -OCH3 is 1. The number of ether oxygens (including phenoxy) is 1. The first-order valence-electron chi connectivity index (χ1n) is 6.34. The van der Waals surface area contributed by atoms with E-state index in [4.69, 9.17) is 0 Å². The molecule has 9 heteroatoms. The fourth-order valence-corrected chi connectivity index (χ4v) is 3.24. The highest BCUT2D eigenvalue weighted by Crippen LogP contribution is 2.19. The predicted molar refractivity (Wildman–Crippen MR) is 80.5 cm³/mol. The first kappa shape index (κ1) is 15.8. The number of rotatable bonds is 6. The van der Waals surface area contributed by atoms with Gasteiger partial charge in [0.15, 0.2) is 5.13 Å². The zero-order valence-corrected chi connectivity index (χ0v) is 13.0. The van der Waals surface area contributed by atoms with Gasteiger partial charge in [0, 0.05) is 17.6 Å². The average molecular weight is 329 g/mol. The number of esters is 1. The van der Waals surface area contributed by atoms with Crippen LogP contribution in [0.5, 0.6) is 0 Å². The van der Waals surface area contributed by atoms with Crippen molar-refractivity contribution in [3.8, 4) is 0 Å². The number of anilines is 1. The predicted octanol–water partition coefficient (Wildman–Crippen LogP) is 1.40. The first-order valence-corrected chi connectivity index (χ1v) is 8.20. The molecule has 1 aliphatic rings. The summed E-state index contributed by atoms with van der Waals surface area (Å²) >= 11 is 2.42. The van der Waals surface area contributed by atoms with Crippen molar-refractivity contribution in [2.24, 2.45) is 0 Å². The maximum atomic E-state index is 11.9. The van der Waals surface area contributed by atoms with E-state index in [1.165, 1.54) is 18.4 Å². The second-order valence-electron chi connectivity index (χ2n) is 4.36. The maximum absolute atomic E-state index is 11.9. The highest BCUT2D eigenvalue weighted by atomic mass is 32.2. The van der Waals surface area contributed by atoms with Crippen LogP contribution in [0, 0.1) is 0 Å². The monoisotopic (exact) mass is 329 g/mol. The largest absolute Gasteiger partial charge is 0.469 e. The van der Waals surface area contributed by atoms with Crippen LogP contribution in [0.15, 0.2) is 5.38 Å². The number of nitrogens with one attached hydrogen (secondary N) is 2. The van der Waals surface area contributed by atoms with Crippen molar-refractivity contribution in [1.29, 1.82) is 0 Å². The van der Waals surface area contributed by atoms with E-state index in [0.29, 0.717) is 30.1 Å². The molecule has 2 rings (SSSR count). The Morgan fingerprint density at radius 3 is 3.05 bits per heavy atom. The molecule has 0 aromatic carbocycles. The highest BCUT2D eigenvalue weighted by molar-refractivity contribution is 8.14. The normalized spacial score (nSPS) is 17.4. The molecule has 0 bridgehead atoms. The van der Waals surface area contributed by atoms with Gasteiger partial charge in [-0.3, -0.25) is 14.4 Å². The number of thioether (sulfide) groups is 1. The molecule has 0 aliphatic carbocycles. The Morgan fingerprint density at radius 1 is 1.57 bits per heavy atom. The van der Waals surface area contributed by atoms with Gasteiger partial charge in [0.2, 0.25) is 5.91 Å². The molecule has 1 aromatic rings. The van der Waals surface area contributed by atoms with Gasteiger partial charge in [-0.1, -0.05) is 11.8 Å². The van der Waals surface area contributed by atoms with E-state index in [9.17, 15) is 14.4 Å². The Bertz CT molecular complexity index is 546. The summed E-state index contributed by atoms with van der Waals surface area (Å²) in [7, 11) is 1.36. The number of amides is 2. The molecule has 1 aromatic heterocycles. The number of thiazole rings is 1. The van der Waals surface area contributed by atoms with Crippen LogP contribution in [-0.4, -0.2) is 41.0 Å². The average Bonchev–Trinajstić information content (AvgIpc) is 3.08. The molecule has 21 heavy (non-hydrogen) atoms. The van der Waals surface area contributed by atoms with Gasteiger partial charge in [0.05, 0.1) is 12.8 Å². The van der Waals surface area contributed by atoms with Crippen molar-refractivity contribution in [3.05, 3.63) is 11.1 Å². The molecule has 1 aliphatic heterocycles. The van der Waals surface area contributed by atoms with E-state index >= 15 is 0 Å². The van der Waals surface area contributed by atoms with E-state index in [1.54, 1.807) is 0 Å². The number of nitrogens with zero attached hydrogens (tertiary/aromatic N) is 1. The standard InChI is InChI=1S/C12H15N3O4S2/c1-19-9(16)4-2-3-7-5-20-11(13-7)15-10(17)8-6-21-12(18)14-8/h5,8H,2-4,6H2,1H3,(H,14,18)(H,13,15,17). The third-order valence-electron chi connectivity index (χ3n) is 2.81. The van der Waals surface area contributed by atoms with Crippen LogP contribution in [0.3, 0.4) is 0 Å². The molecule has 2 N–H and O–H groups in total. The van der Waals surface area contributed by atoms with Crippen LogP contribution < -0.4 is 10.6 Å². The molecule has 1 unspecified atom stereocenters. The molecule has 1 fully saturated rings. The number of hydrogen-bond acceptors (Lipinski definition) is 7. The van der Waals surface area contributed by atoms with E-state index in [-0.39, 0.29) is 17.1 Å². The van der Waals surface area contributed by atoms with Crippen molar-refractivity contribution in [1.82, 2.24) is 10.3 Å². The lowest BCUT2D eigenvalue weighted by molar-refractivity contribution is -0.140. The molecule has 0 saturated carbocycles. The third-order valence-corrected chi connectivity index (χ3v) is 4.50. The van der Waals surface area contributed by atoms with Crippen molar-refractivity contribution in [2.45, 2.75) is 25.3 Å². The highest BCUT2D eigenvalue weighted by Gasteiger charge is 2.28. The zero-order chi connectivity index (χ0) is 15.2. The number of carbonyl (C=O) groups is 3. The SMILES string of the molecule is COC(=O)CCCc1csc(NC(=O)C2CSC(=O)N2)n1. The summed E-state index contributed by atoms with van der Waals surface area (Å²) in [4.78, 5) is 38.2. The van der Waals surface area contributed by atoms with E-state index in [0.717, 1.165) is 17.5 Å². The Balaban J connectivity index is 1.78. The minimum Gasteiger partial charge on any atom is -0.469 e. The van der Waals surface area contributed by atoms with Gasteiger partial charge in [0.25, 0.3) is 5.24 Å². The zero-order valence-electron chi connectivity index (χ0n) is 11.4. The molecule has 2 heterocycles. The van der Waals surface area contributed by atoms with Gasteiger partial charge < -0.3 is 15.4 Å². The lowest BCUT2D eigenvalue weighted by Gasteiger charge is -2.07. The number of carbonyl (C=O) groups excluding carboxylic acids is 3. The Hall–Kier alpha value is -1.61. The van der Waals surface area contributed by atoms with Crippen LogP contribution >= 0.6 is 23.1 Å². The maximum Gasteiger partial charge on any atom is 0.305 e. The molecule has 0 spiro atoms.